The summed E-state index contributed by atoms with van der Waals surface area (Å²) in [5.74, 6) is 0.522. The summed E-state index contributed by atoms with van der Waals surface area (Å²) < 4.78 is 29.1. The van der Waals surface area contributed by atoms with E-state index in [1.807, 2.05) is 12.1 Å². The number of sulfonamides is 1. The van der Waals surface area contributed by atoms with Crippen molar-refractivity contribution in [2.24, 2.45) is 5.92 Å². The van der Waals surface area contributed by atoms with Crippen molar-refractivity contribution in [1.82, 2.24) is 0 Å². The fourth-order valence-corrected chi connectivity index (χ4v) is 6.40. The van der Waals surface area contributed by atoms with Crippen molar-refractivity contribution in [1.29, 1.82) is 0 Å². The van der Waals surface area contributed by atoms with Gasteiger partial charge in [-0.05, 0) is 85.7 Å². The Morgan fingerprint density at radius 1 is 1.00 bits per heavy atom. The summed E-state index contributed by atoms with van der Waals surface area (Å²) in [7, 11) is -3.75. The Labute approximate surface area is 200 Å². The predicted molar refractivity (Wildman–Crippen MR) is 136 cm³/mol. The fraction of sp³-hybridized carbons (Fsp3) is 0.259. The molecule has 5 rings (SSSR count). The first-order valence-corrected chi connectivity index (χ1v) is 13.0. The van der Waals surface area contributed by atoms with Crippen LogP contribution in [-0.4, -0.2) is 8.42 Å². The number of nitrogens with one attached hydrogen (secondary N) is 2. The van der Waals surface area contributed by atoms with Crippen LogP contribution in [0.5, 0.6) is 0 Å². The zero-order valence-corrected chi connectivity index (χ0v) is 20.5. The fourth-order valence-electron chi connectivity index (χ4n) is 5.06. The van der Waals surface area contributed by atoms with Crippen LogP contribution in [0, 0.1) is 26.7 Å². The zero-order valence-electron chi connectivity index (χ0n) is 18.9. The quantitative estimate of drug-likeness (QED) is 0.401. The van der Waals surface area contributed by atoms with Crippen LogP contribution in [0.4, 0.5) is 11.4 Å². The number of hydrogen-bond donors (Lipinski definition) is 2. The maximum absolute atomic E-state index is 13.2. The van der Waals surface area contributed by atoms with Crippen molar-refractivity contribution in [3.63, 3.8) is 0 Å². The number of fused-ring (bicyclic) bond motifs is 3. The Kier molecular flexibility index (Phi) is 5.50. The first-order valence-electron chi connectivity index (χ1n) is 11.2. The molecular formula is C27H27ClN2O2S. The van der Waals surface area contributed by atoms with Crippen LogP contribution in [0.2, 0.25) is 5.02 Å². The lowest BCUT2D eigenvalue weighted by molar-refractivity contribution is 0.424. The van der Waals surface area contributed by atoms with Crippen molar-refractivity contribution in [2.75, 3.05) is 10.0 Å². The lowest BCUT2D eigenvalue weighted by Crippen LogP contribution is -2.30. The van der Waals surface area contributed by atoms with E-state index in [9.17, 15) is 8.42 Å². The Morgan fingerprint density at radius 3 is 2.64 bits per heavy atom. The minimum absolute atomic E-state index is 0.175. The lowest BCUT2D eigenvalue weighted by Gasteiger charge is -2.38. The van der Waals surface area contributed by atoms with Gasteiger partial charge in [0, 0.05) is 16.6 Å². The third kappa shape index (κ3) is 3.94. The van der Waals surface area contributed by atoms with E-state index < -0.39 is 10.0 Å². The summed E-state index contributed by atoms with van der Waals surface area (Å²) in [6.07, 6.45) is 5.42. The first kappa shape index (κ1) is 22.1. The lowest BCUT2D eigenvalue weighted by atomic mass is 9.76. The van der Waals surface area contributed by atoms with E-state index >= 15 is 0 Å². The van der Waals surface area contributed by atoms with Gasteiger partial charge in [0.05, 0.1) is 16.6 Å². The first-order chi connectivity index (χ1) is 15.7. The minimum Gasteiger partial charge on any atom is -0.378 e. The van der Waals surface area contributed by atoms with Gasteiger partial charge in [0.2, 0.25) is 0 Å². The number of aryl methyl sites for hydroxylation is 2. The second-order valence-electron chi connectivity index (χ2n) is 9.10. The molecule has 0 saturated carbocycles. The van der Waals surface area contributed by atoms with Crippen molar-refractivity contribution >= 4 is 33.0 Å². The molecule has 1 heterocycles. The smallest absolute Gasteiger partial charge is 0.261 e. The van der Waals surface area contributed by atoms with E-state index in [1.165, 1.54) is 16.7 Å². The Morgan fingerprint density at radius 2 is 1.82 bits per heavy atom. The van der Waals surface area contributed by atoms with Crippen molar-refractivity contribution in [3.05, 3.63) is 99.6 Å². The largest absolute Gasteiger partial charge is 0.378 e. The van der Waals surface area contributed by atoms with Gasteiger partial charge < -0.3 is 5.32 Å². The van der Waals surface area contributed by atoms with Crippen LogP contribution in [0.1, 0.15) is 46.2 Å². The molecule has 3 aromatic rings. The Hall–Kier alpha value is -2.76. The highest BCUT2D eigenvalue weighted by atomic mass is 35.5. The molecular weight excluding hydrogens is 452 g/mol. The molecule has 2 N–H and O–H groups in total. The van der Waals surface area contributed by atoms with Gasteiger partial charge in [0.1, 0.15) is 0 Å². The molecule has 1 aliphatic heterocycles. The van der Waals surface area contributed by atoms with Gasteiger partial charge in [-0.3, -0.25) is 4.72 Å². The third-order valence-electron chi connectivity index (χ3n) is 6.93. The molecule has 6 heteroatoms. The van der Waals surface area contributed by atoms with Gasteiger partial charge in [-0.25, -0.2) is 8.42 Å². The van der Waals surface area contributed by atoms with E-state index in [4.69, 9.17) is 11.6 Å². The Bertz CT molecular complexity index is 1380. The van der Waals surface area contributed by atoms with E-state index in [0.29, 0.717) is 22.2 Å². The average Bonchev–Trinajstić information content (AvgIpc) is 3.28. The highest BCUT2D eigenvalue weighted by molar-refractivity contribution is 7.92. The van der Waals surface area contributed by atoms with Crippen molar-refractivity contribution in [2.45, 2.75) is 44.0 Å². The van der Waals surface area contributed by atoms with Crippen LogP contribution >= 0.6 is 11.6 Å². The maximum Gasteiger partial charge on any atom is 0.261 e. The SMILES string of the molecule is Cc1ccc(C)c([C@H]2Nc3ccc(S(=O)(=O)Nc4cccc(Cl)c4C)cc3[C@H]3C=CC[C@H]32)c1. The molecule has 0 amide bonds. The van der Waals surface area contributed by atoms with E-state index in [0.717, 1.165) is 17.7 Å². The topological polar surface area (TPSA) is 58.2 Å². The van der Waals surface area contributed by atoms with Gasteiger partial charge in [-0.15, -0.1) is 0 Å². The third-order valence-corrected chi connectivity index (χ3v) is 8.70. The second kappa shape index (κ2) is 8.23. The molecule has 1 aliphatic carbocycles. The van der Waals surface area contributed by atoms with Gasteiger partial charge in [-0.2, -0.15) is 0 Å². The molecule has 0 bridgehead atoms. The summed E-state index contributed by atoms with van der Waals surface area (Å²) in [4.78, 5) is 0.256. The molecule has 170 valence electrons. The minimum atomic E-state index is -3.75. The molecule has 4 nitrogen and oxygen atoms in total. The van der Waals surface area contributed by atoms with E-state index in [-0.39, 0.29) is 16.9 Å². The average molecular weight is 479 g/mol. The number of hydrogen-bond acceptors (Lipinski definition) is 3. The molecule has 3 atom stereocenters. The molecule has 0 saturated heterocycles. The number of allylic oxidation sites excluding steroid dienone is 2. The molecule has 0 aromatic heterocycles. The van der Waals surface area contributed by atoms with Crippen LogP contribution in [0.25, 0.3) is 0 Å². The molecule has 0 radical (unpaired) electrons. The summed E-state index contributed by atoms with van der Waals surface area (Å²) in [6, 6.07) is 17.4. The predicted octanol–water partition coefficient (Wildman–Crippen LogP) is 6.89. The van der Waals surface area contributed by atoms with Gasteiger partial charge in [0.25, 0.3) is 10.0 Å². The van der Waals surface area contributed by atoms with Gasteiger partial charge in [0.15, 0.2) is 0 Å². The van der Waals surface area contributed by atoms with E-state index in [2.05, 4.69) is 54.2 Å². The highest BCUT2D eigenvalue weighted by Gasteiger charge is 2.39. The van der Waals surface area contributed by atoms with Crippen molar-refractivity contribution < 1.29 is 8.42 Å². The normalized spacial score (nSPS) is 21.3. The summed E-state index contributed by atoms with van der Waals surface area (Å²) in [5, 5.41) is 4.25. The van der Waals surface area contributed by atoms with Crippen LogP contribution in [0.15, 0.2) is 71.6 Å². The summed E-state index contributed by atoms with van der Waals surface area (Å²) in [5.41, 5.74) is 7.05. The van der Waals surface area contributed by atoms with Crippen LogP contribution < -0.4 is 10.0 Å². The maximum atomic E-state index is 13.2. The Balaban J connectivity index is 1.52. The summed E-state index contributed by atoms with van der Waals surface area (Å²) >= 11 is 6.18. The van der Waals surface area contributed by atoms with Crippen LogP contribution in [-0.2, 0) is 10.0 Å². The second-order valence-corrected chi connectivity index (χ2v) is 11.2. The molecule has 3 aromatic carbocycles. The van der Waals surface area contributed by atoms with E-state index in [1.54, 1.807) is 31.2 Å². The number of benzene rings is 3. The molecule has 33 heavy (non-hydrogen) atoms. The van der Waals surface area contributed by atoms with Gasteiger partial charge >= 0.3 is 0 Å². The van der Waals surface area contributed by atoms with Gasteiger partial charge in [-0.1, -0.05) is 53.6 Å². The number of anilines is 2. The highest BCUT2D eigenvalue weighted by Crippen LogP contribution is 2.50. The molecule has 0 fully saturated rings. The molecule has 0 unspecified atom stereocenters. The molecule has 0 spiro atoms. The zero-order chi connectivity index (χ0) is 23.3. The van der Waals surface area contributed by atoms with Crippen molar-refractivity contribution in [3.8, 4) is 0 Å². The monoisotopic (exact) mass is 478 g/mol. The standard InChI is InChI=1S/C27H27ClN2O2S/c1-16-10-11-17(2)22(14-16)27-21-7-4-6-20(21)23-15-19(12-13-26(23)29-27)33(31,32)30-25-9-5-8-24(28)18(25)3/h4-6,8-15,20-21,27,29-30H,7H2,1-3H3/t20-,21+,27-/m0/s1. The number of rotatable bonds is 4. The number of halogens is 1. The van der Waals surface area contributed by atoms with Crippen LogP contribution in [0.3, 0.4) is 0 Å². The molecule has 2 aliphatic rings. The summed E-state index contributed by atoms with van der Waals surface area (Å²) in [6.45, 7) is 6.08.